The SMILES string of the molecule is O=C(C=Cc1ccc(OC2OC(CO)C(O)C(O)C2O)c(O)c1)OCC1OC(Oc2ccc(C=CC(=O)OCC3OC(Oc4cc(C5=C(OC6OC(CO)C(O)C(O)C6O)C=C6C(O)=CC(OC7OC(COC(=O)C=Cc8ccc(O)c(O)c8)C(O)C(O)C7O)C=C6O5)ccc4O)C(O)C(O)C3O)cc2O)C(O)C(O)C1O. The van der Waals surface area contributed by atoms with Crippen LogP contribution in [0.5, 0.6) is 46.0 Å². The van der Waals surface area contributed by atoms with Gasteiger partial charge in [0.05, 0.1) is 18.8 Å². The van der Waals surface area contributed by atoms with Gasteiger partial charge in [0.1, 0.15) is 160 Å². The first-order valence-electron chi connectivity index (χ1n) is 34.1. The fraction of sp³-hybridized carbons (Fsp3) is 0.431. The van der Waals surface area contributed by atoms with Gasteiger partial charge in [-0.25, -0.2) is 14.4 Å². The predicted molar refractivity (Wildman–Crippen MR) is 364 cm³/mol. The number of ether oxygens (including phenoxy) is 14. The molecule has 0 spiro atoms. The molecule has 608 valence electrons. The normalized spacial score (nSPS) is 34.2. The zero-order valence-electron chi connectivity index (χ0n) is 57.9. The highest BCUT2D eigenvalue weighted by molar-refractivity contribution is 5.88. The van der Waals surface area contributed by atoms with E-state index in [1.165, 1.54) is 54.6 Å². The average molecular weight is 1590 g/mol. The average Bonchev–Trinajstić information content (AvgIpc) is 0.763. The highest BCUT2D eigenvalue weighted by Crippen LogP contribution is 2.44. The molecule has 26 atom stereocenters. The Morgan fingerprint density at radius 2 is 0.732 bits per heavy atom. The second-order valence-electron chi connectivity index (χ2n) is 26.2. The maximum atomic E-state index is 13.1. The van der Waals surface area contributed by atoms with Crippen LogP contribution < -0.4 is 14.2 Å². The van der Waals surface area contributed by atoms with E-state index in [2.05, 4.69) is 0 Å². The number of phenolic OH excluding ortho intramolecular Hbond substituents is 5. The van der Waals surface area contributed by atoms with Gasteiger partial charge in [0.25, 0.3) is 0 Å². The van der Waals surface area contributed by atoms with Crippen LogP contribution in [0.1, 0.15) is 22.3 Å². The number of carbonyl (C=O) groups excluding carboxylic acids is 3. The molecule has 23 N–H and O–H groups in total. The number of aliphatic hydroxyl groups is 18. The summed E-state index contributed by atoms with van der Waals surface area (Å²) in [4.78, 5) is 38.5. The second kappa shape index (κ2) is 36.0. The smallest absolute Gasteiger partial charge is 0.330 e. The lowest BCUT2D eigenvalue weighted by Crippen LogP contribution is -2.60. The van der Waals surface area contributed by atoms with Gasteiger partial charge in [-0.05, 0) is 108 Å². The van der Waals surface area contributed by atoms with Crippen LogP contribution in [-0.4, -0.2) is 328 Å². The van der Waals surface area contributed by atoms with Crippen LogP contribution in [0.2, 0.25) is 0 Å². The standard InChI is InChI=1S/C72H80O40/c73-22-44-52(84)57(89)63(95)69(108-44)104-39-10-2-28(16-37(39)79)5-13-50(82)100-25-47-55(87)60(92)65(97)70(111-47)105-40-11-3-29(17-38(40)80)6-14-51(83)101-26-48-56(88)61(93)66(98)71(112-48)106-42-18-30(7-9-34(42)76)67-43(107-72-64(96)58(90)53(85)45(23-74)109-72)21-32-35(77)19-31(20-41(32)103-67)102-68-62(94)59(91)54(86)46(110-68)24-99-49(81)12-4-27-1-8-33(75)36(78)15-27/h1-21,31,44-48,52-66,68-80,84-98H,22-26H2. The van der Waals surface area contributed by atoms with Gasteiger partial charge >= 0.3 is 17.9 Å². The molecule has 7 aliphatic rings. The molecule has 5 saturated heterocycles. The topological polar surface area (TPSA) is 646 Å². The Balaban J connectivity index is 0.708. The van der Waals surface area contributed by atoms with Crippen LogP contribution in [-0.2, 0) is 66.5 Å². The van der Waals surface area contributed by atoms with Crippen LogP contribution in [0.4, 0.5) is 0 Å². The molecule has 0 radical (unpaired) electrons. The molecule has 0 saturated carbocycles. The van der Waals surface area contributed by atoms with Gasteiger partial charge in [0.15, 0.2) is 63.8 Å². The van der Waals surface area contributed by atoms with E-state index in [1.807, 2.05) is 0 Å². The second-order valence-corrected chi connectivity index (χ2v) is 26.2. The molecule has 4 aromatic carbocycles. The molecule has 112 heavy (non-hydrogen) atoms. The van der Waals surface area contributed by atoms with E-state index >= 15 is 0 Å². The Bertz CT molecular complexity index is 4230. The molecule has 0 bridgehead atoms. The minimum atomic E-state index is -2.10. The van der Waals surface area contributed by atoms with Crippen molar-refractivity contribution in [3.8, 4) is 46.0 Å². The number of esters is 3. The third-order valence-corrected chi connectivity index (χ3v) is 18.4. The number of fused-ring (bicyclic) bond motifs is 1. The highest BCUT2D eigenvalue weighted by Gasteiger charge is 2.51. The monoisotopic (exact) mass is 1580 g/mol. The van der Waals surface area contributed by atoms with Gasteiger partial charge in [0, 0.05) is 23.8 Å². The van der Waals surface area contributed by atoms with Gasteiger partial charge in [-0.15, -0.1) is 0 Å². The molecule has 5 fully saturated rings. The molecule has 0 amide bonds. The van der Waals surface area contributed by atoms with E-state index in [-0.39, 0.29) is 39.5 Å². The Morgan fingerprint density at radius 1 is 0.366 bits per heavy atom. The molecule has 11 rings (SSSR count). The first-order valence-corrected chi connectivity index (χ1v) is 34.1. The van der Waals surface area contributed by atoms with Crippen molar-refractivity contribution in [2.45, 2.75) is 160 Å². The van der Waals surface area contributed by atoms with E-state index in [4.69, 9.17) is 66.3 Å². The van der Waals surface area contributed by atoms with E-state index in [0.29, 0.717) is 5.56 Å². The maximum Gasteiger partial charge on any atom is 0.330 e. The van der Waals surface area contributed by atoms with E-state index in [1.54, 1.807) is 0 Å². The van der Waals surface area contributed by atoms with Crippen molar-refractivity contribution in [1.29, 1.82) is 0 Å². The van der Waals surface area contributed by atoms with Crippen LogP contribution in [0.15, 0.2) is 132 Å². The summed E-state index contributed by atoms with van der Waals surface area (Å²) in [6.45, 7) is -3.89. The summed E-state index contributed by atoms with van der Waals surface area (Å²) in [6.07, 6.45) is -37.2. The number of carbonyl (C=O) groups is 3. The van der Waals surface area contributed by atoms with Crippen molar-refractivity contribution >= 4 is 41.9 Å². The van der Waals surface area contributed by atoms with Crippen molar-refractivity contribution in [1.82, 2.24) is 0 Å². The van der Waals surface area contributed by atoms with E-state index in [0.717, 1.165) is 72.9 Å². The predicted octanol–water partition coefficient (Wildman–Crippen LogP) is -5.49. The van der Waals surface area contributed by atoms with Crippen molar-refractivity contribution in [2.75, 3.05) is 33.0 Å². The minimum absolute atomic E-state index is 0.115. The number of benzene rings is 4. The van der Waals surface area contributed by atoms with Gasteiger partial charge in [0.2, 0.25) is 25.2 Å². The summed E-state index contributed by atoms with van der Waals surface area (Å²) in [5.41, 5.74) is 0.296. The van der Waals surface area contributed by atoms with Crippen LogP contribution in [0.3, 0.4) is 0 Å². The number of aliphatic hydroxyl groups excluding tert-OH is 18. The Kier molecular flexibility index (Phi) is 26.8. The molecular weight excluding hydrogens is 1500 g/mol. The Morgan fingerprint density at radius 3 is 1.15 bits per heavy atom. The lowest BCUT2D eigenvalue weighted by atomic mass is 9.97. The number of allylic oxidation sites excluding steroid dienone is 1. The third kappa shape index (κ3) is 19.0. The lowest BCUT2D eigenvalue weighted by Gasteiger charge is -2.41. The number of aromatic hydroxyl groups is 5. The van der Waals surface area contributed by atoms with Crippen LogP contribution >= 0.6 is 0 Å². The van der Waals surface area contributed by atoms with Gasteiger partial charge < -0.3 is 184 Å². The molecule has 40 heteroatoms. The Hall–Kier alpha value is -9.65. The number of hydrogen-bond acceptors (Lipinski definition) is 40. The third-order valence-electron chi connectivity index (χ3n) is 18.4. The summed E-state index contributed by atoms with van der Waals surface area (Å²) in [6, 6.07) is 14.2. The first-order chi connectivity index (χ1) is 53.3. The fourth-order valence-corrected chi connectivity index (χ4v) is 12.1. The molecule has 26 unspecified atom stereocenters. The van der Waals surface area contributed by atoms with E-state index in [9.17, 15) is 132 Å². The zero-order valence-corrected chi connectivity index (χ0v) is 57.9. The van der Waals surface area contributed by atoms with Crippen molar-refractivity contribution < 1.29 is 198 Å². The Labute approximate surface area is 631 Å². The summed E-state index contributed by atoms with van der Waals surface area (Å²) in [5, 5.41) is 243. The zero-order chi connectivity index (χ0) is 80.8. The van der Waals surface area contributed by atoms with Gasteiger partial charge in [-0.1, -0.05) is 18.2 Å². The van der Waals surface area contributed by atoms with Crippen LogP contribution in [0.25, 0.3) is 24.0 Å². The van der Waals surface area contributed by atoms with Crippen molar-refractivity contribution in [3.05, 3.63) is 154 Å². The molecule has 40 nitrogen and oxygen atoms in total. The summed E-state index contributed by atoms with van der Waals surface area (Å²) >= 11 is 0. The number of rotatable bonds is 25. The highest BCUT2D eigenvalue weighted by atomic mass is 16.7. The maximum absolute atomic E-state index is 13.1. The van der Waals surface area contributed by atoms with Crippen LogP contribution in [0, 0.1) is 0 Å². The quantitative estimate of drug-likeness (QED) is 0.0127. The molecule has 6 heterocycles. The van der Waals surface area contributed by atoms with Crippen molar-refractivity contribution in [2.24, 2.45) is 0 Å². The van der Waals surface area contributed by atoms with E-state index < -0.39 is 262 Å². The molecule has 0 aromatic heterocycles. The van der Waals surface area contributed by atoms with Gasteiger partial charge in [-0.2, -0.15) is 0 Å². The largest absolute Gasteiger partial charge is 0.507 e. The number of phenols is 5. The lowest BCUT2D eigenvalue weighted by molar-refractivity contribution is -0.305. The molecule has 6 aliphatic heterocycles. The summed E-state index contributed by atoms with van der Waals surface area (Å²) in [5.74, 6) is -8.69. The molecule has 1 aliphatic carbocycles. The summed E-state index contributed by atoms with van der Waals surface area (Å²) < 4.78 is 78.8. The minimum Gasteiger partial charge on any atom is -0.507 e. The summed E-state index contributed by atoms with van der Waals surface area (Å²) in [7, 11) is 0. The molecule has 4 aromatic rings. The van der Waals surface area contributed by atoms with Gasteiger partial charge in [-0.3, -0.25) is 0 Å². The molecular formula is C72H80O40. The number of hydrogen-bond donors (Lipinski definition) is 23. The fourth-order valence-electron chi connectivity index (χ4n) is 12.1. The first kappa shape index (κ1) is 83.3. The van der Waals surface area contributed by atoms with Crippen molar-refractivity contribution in [3.63, 3.8) is 0 Å².